The van der Waals surface area contributed by atoms with Crippen molar-refractivity contribution in [1.29, 1.82) is 0 Å². The molecule has 1 rings (SSSR count). The number of rotatable bonds is 8. The lowest BCUT2D eigenvalue weighted by atomic mass is 9.88. The normalized spacial score (nSPS) is 13.5. The van der Waals surface area contributed by atoms with Crippen LogP contribution < -0.4 is 0 Å². The van der Waals surface area contributed by atoms with Crippen molar-refractivity contribution in [2.75, 3.05) is 0 Å². The Morgan fingerprint density at radius 3 is 2.29 bits per heavy atom. The van der Waals surface area contributed by atoms with Gasteiger partial charge in [-0.15, -0.1) is 0 Å². The van der Waals surface area contributed by atoms with Crippen LogP contribution in [0.15, 0.2) is 24.5 Å². The number of hydrogen-bond acceptors (Lipinski definition) is 0. The molecule has 1 heteroatoms. The summed E-state index contributed by atoms with van der Waals surface area (Å²) in [6.45, 7) is 10.4. The highest BCUT2D eigenvalue weighted by Crippen LogP contribution is 2.25. The molecule has 17 heavy (non-hydrogen) atoms. The van der Waals surface area contributed by atoms with E-state index in [1.807, 2.05) is 0 Å². The minimum absolute atomic E-state index is 0.812. The van der Waals surface area contributed by atoms with Crippen LogP contribution in [0.3, 0.4) is 0 Å². The van der Waals surface area contributed by atoms with Crippen molar-refractivity contribution in [1.82, 2.24) is 4.57 Å². The van der Waals surface area contributed by atoms with Gasteiger partial charge in [0.15, 0.2) is 0 Å². The Balaban J connectivity index is 2.46. The molecule has 0 aromatic carbocycles. The van der Waals surface area contributed by atoms with E-state index in [0.717, 1.165) is 18.4 Å². The lowest BCUT2D eigenvalue weighted by Gasteiger charge is -2.21. The van der Waals surface area contributed by atoms with Crippen LogP contribution in [-0.4, -0.2) is 4.57 Å². The van der Waals surface area contributed by atoms with Crippen LogP contribution in [0.2, 0.25) is 0 Å². The third kappa shape index (κ3) is 5.95. The third-order valence-corrected chi connectivity index (χ3v) is 3.48. The molecular weight excluding hydrogens is 206 g/mol. The van der Waals surface area contributed by atoms with Gasteiger partial charge in [0.25, 0.3) is 0 Å². The molecular formula is C16H28N. The zero-order chi connectivity index (χ0) is 12.7. The van der Waals surface area contributed by atoms with E-state index >= 15 is 0 Å². The second kappa shape index (κ2) is 7.58. The van der Waals surface area contributed by atoms with Gasteiger partial charge in [-0.25, -0.2) is 0 Å². The SMILES string of the molecule is CCC(C)C[C](CCC(C)C)Cn1cccc1. The quantitative estimate of drug-likeness (QED) is 0.600. The minimum Gasteiger partial charge on any atom is -0.354 e. The molecule has 0 fully saturated rings. The Morgan fingerprint density at radius 1 is 1.12 bits per heavy atom. The maximum atomic E-state index is 2.37. The minimum atomic E-state index is 0.812. The molecule has 1 nitrogen and oxygen atoms in total. The highest BCUT2D eigenvalue weighted by molar-refractivity contribution is 4.97. The van der Waals surface area contributed by atoms with Gasteiger partial charge in [-0.1, -0.05) is 40.5 Å². The van der Waals surface area contributed by atoms with Gasteiger partial charge in [-0.05, 0) is 42.7 Å². The zero-order valence-electron chi connectivity index (χ0n) is 11.9. The van der Waals surface area contributed by atoms with E-state index in [1.54, 1.807) is 5.92 Å². The van der Waals surface area contributed by atoms with Gasteiger partial charge in [0.1, 0.15) is 0 Å². The maximum absolute atomic E-state index is 2.37. The summed E-state index contributed by atoms with van der Waals surface area (Å²) >= 11 is 0. The first-order chi connectivity index (χ1) is 8.11. The van der Waals surface area contributed by atoms with Crippen molar-refractivity contribution in [2.45, 2.75) is 59.9 Å². The first kappa shape index (κ1) is 14.3. The topological polar surface area (TPSA) is 4.93 Å². The van der Waals surface area contributed by atoms with Crippen LogP contribution in [0.4, 0.5) is 0 Å². The molecule has 97 valence electrons. The average molecular weight is 234 g/mol. The van der Waals surface area contributed by atoms with Crippen molar-refractivity contribution >= 4 is 0 Å². The van der Waals surface area contributed by atoms with Crippen molar-refractivity contribution < 1.29 is 0 Å². The third-order valence-electron chi connectivity index (χ3n) is 3.48. The van der Waals surface area contributed by atoms with Crippen LogP contribution in [0, 0.1) is 17.8 Å². The summed E-state index contributed by atoms with van der Waals surface area (Å²) in [5.74, 6) is 3.35. The van der Waals surface area contributed by atoms with E-state index in [1.165, 1.54) is 25.7 Å². The van der Waals surface area contributed by atoms with E-state index in [9.17, 15) is 0 Å². The summed E-state index contributed by atoms with van der Waals surface area (Å²) in [7, 11) is 0. The van der Waals surface area contributed by atoms with Crippen LogP contribution in [0.5, 0.6) is 0 Å². The second-order valence-electron chi connectivity index (χ2n) is 5.76. The van der Waals surface area contributed by atoms with Gasteiger partial charge in [0.2, 0.25) is 0 Å². The molecule has 0 aliphatic rings. The van der Waals surface area contributed by atoms with Gasteiger partial charge in [-0.2, -0.15) is 0 Å². The number of aromatic nitrogens is 1. The van der Waals surface area contributed by atoms with Gasteiger partial charge in [-0.3, -0.25) is 0 Å². The van der Waals surface area contributed by atoms with Crippen molar-refractivity contribution in [3.63, 3.8) is 0 Å². The fourth-order valence-corrected chi connectivity index (χ4v) is 2.11. The lowest BCUT2D eigenvalue weighted by Crippen LogP contribution is -2.12. The first-order valence-electron chi connectivity index (χ1n) is 7.06. The van der Waals surface area contributed by atoms with E-state index in [2.05, 4.69) is 56.8 Å². The maximum Gasteiger partial charge on any atom is 0.0282 e. The average Bonchev–Trinajstić information content (AvgIpc) is 2.78. The Labute approximate surface area is 107 Å². The van der Waals surface area contributed by atoms with Gasteiger partial charge >= 0.3 is 0 Å². The van der Waals surface area contributed by atoms with E-state index in [0.29, 0.717) is 0 Å². The summed E-state index contributed by atoms with van der Waals surface area (Å²) in [5.41, 5.74) is 0. The molecule has 0 aliphatic heterocycles. The van der Waals surface area contributed by atoms with Crippen molar-refractivity contribution in [3.05, 3.63) is 30.4 Å². The molecule has 0 amide bonds. The standard InChI is InChI=1S/C16H28N/c1-5-15(4)12-16(9-8-14(2)3)13-17-10-6-7-11-17/h6-7,10-11,14-15H,5,8-9,12-13H2,1-4H3. The second-order valence-corrected chi connectivity index (χ2v) is 5.76. The predicted octanol–water partition coefficient (Wildman–Crippen LogP) is 4.93. The van der Waals surface area contributed by atoms with E-state index < -0.39 is 0 Å². The van der Waals surface area contributed by atoms with E-state index in [-0.39, 0.29) is 0 Å². The molecule has 1 heterocycles. The fourth-order valence-electron chi connectivity index (χ4n) is 2.11. The summed E-state index contributed by atoms with van der Waals surface area (Å²) in [6.07, 6.45) is 9.55. The summed E-state index contributed by atoms with van der Waals surface area (Å²) < 4.78 is 2.30. The van der Waals surface area contributed by atoms with E-state index in [4.69, 9.17) is 0 Å². The van der Waals surface area contributed by atoms with Crippen LogP contribution in [-0.2, 0) is 6.54 Å². The molecule has 1 unspecified atom stereocenters. The smallest absolute Gasteiger partial charge is 0.0282 e. The van der Waals surface area contributed by atoms with Crippen LogP contribution in [0.1, 0.15) is 53.4 Å². The first-order valence-corrected chi connectivity index (χ1v) is 7.06. The van der Waals surface area contributed by atoms with Crippen LogP contribution in [0.25, 0.3) is 0 Å². The molecule has 1 radical (unpaired) electrons. The van der Waals surface area contributed by atoms with Crippen LogP contribution >= 0.6 is 0 Å². The Hall–Kier alpha value is -0.720. The molecule has 1 atom stereocenters. The summed E-state index contributed by atoms with van der Waals surface area (Å²) in [4.78, 5) is 0. The zero-order valence-corrected chi connectivity index (χ0v) is 11.9. The Morgan fingerprint density at radius 2 is 1.76 bits per heavy atom. The molecule has 0 aliphatic carbocycles. The Bertz CT molecular complexity index is 274. The molecule has 0 saturated carbocycles. The molecule has 0 bridgehead atoms. The Kier molecular flexibility index (Phi) is 6.39. The fraction of sp³-hybridized carbons (Fsp3) is 0.688. The molecule has 1 aromatic heterocycles. The monoisotopic (exact) mass is 234 g/mol. The van der Waals surface area contributed by atoms with Gasteiger partial charge in [0.05, 0.1) is 0 Å². The summed E-state index contributed by atoms with van der Waals surface area (Å²) in [5, 5.41) is 0. The number of nitrogens with zero attached hydrogens (tertiary/aromatic N) is 1. The lowest BCUT2D eigenvalue weighted by molar-refractivity contribution is 0.447. The molecule has 0 spiro atoms. The highest BCUT2D eigenvalue weighted by atomic mass is 14.9. The predicted molar refractivity (Wildman–Crippen MR) is 75.8 cm³/mol. The van der Waals surface area contributed by atoms with Crippen molar-refractivity contribution in [3.8, 4) is 0 Å². The number of hydrogen-bond donors (Lipinski definition) is 0. The largest absolute Gasteiger partial charge is 0.354 e. The molecule has 1 aromatic rings. The molecule has 0 saturated heterocycles. The van der Waals surface area contributed by atoms with Gasteiger partial charge < -0.3 is 4.57 Å². The molecule has 0 N–H and O–H groups in total. The highest BCUT2D eigenvalue weighted by Gasteiger charge is 2.14. The summed E-state index contributed by atoms with van der Waals surface area (Å²) in [6, 6.07) is 4.23. The van der Waals surface area contributed by atoms with Gasteiger partial charge in [0, 0.05) is 18.9 Å². The van der Waals surface area contributed by atoms with Crippen molar-refractivity contribution in [2.24, 2.45) is 11.8 Å².